The van der Waals surface area contributed by atoms with Gasteiger partial charge in [0.2, 0.25) is 0 Å². The van der Waals surface area contributed by atoms with Crippen molar-refractivity contribution in [1.82, 2.24) is 9.88 Å². The Morgan fingerprint density at radius 1 is 1.06 bits per heavy atom. The molecule has 4 heteroatoms. The Morgan fingerprint density at radius 3 is 2.76 bits per heavy atom. The van der Waals surface area contributed by atoms with Crippen LogP contribution in [0.1, 0.15) is 60.6 Å². The lowest BCUT2D eigenvalue weighted by molar-refractivity contribution is 0.138. The Kier molecular flexibility index (Phi) is 6.11. The predicted octanol–water partition coefficient (Wildman–Crippen LogP) is 5.77. The van der Waals surface area contributed by atoms with E-state index in [1.54, 1.807) is 7.11 Å². The second-order valence-electron chi connectivity index (χ2n) is 10.2. The van der Waals surface area contributed by atoms with Crippen molar-refractivity contribution >= 4 is 0 Å². The molecule has 172 valence electrons. The van der Waals surface area contributed by atoms with Crippen molar-refractivity contribution in [3.05, 3.63) is 88.7 Å². The molecule has 1 aromatic heterocycles. The van der Waals surface area contributed by atoms with Crippen LogP contribution in [0.4, 0.5) is 0 Å². The number of benzene rings is 2. The summed E-state index contributed by atoms with van der Waals surface area (Å²) in [5.74, 6) is 2.46. The van der Waals surface area contributed by atoms with Crippen LogP contribution < -0.4 is 9.47 Å². The number of piperidine rings is 1. The lowest BCUT2D eigenvalue weighted by Gasteiger charge is -2.32. The van der Waals surface area contributed by atoms with Gasteiger partial charge >= 0.3 is 0 Å². The highest BCUT2D eigenvalue weighted by molar-refractivity contribution is 5.42. The normalized spacial score (nSPS) is 19.7. The third kappa shape index (κ3) is 5.22. The van der Waals surface area contributed by atoms with Crippen molar-refractivity contribution < 1.29 is 9.47 Å². The van der Waals surface area contributed by atoms with Crippen molar-refractivity contribution in [3.8, 4) is 11.5 Å². The Bertz CT molecular complexity index is 1110. The molecule has 0 aliphatic carbocycles. The molecule has 5 rings (SSSR count). The number of fused-ring (bicyclic) bond motifs is 1. The Labute approximate surface area is 197 Å². The van der Waals surface area contributed by atoms with Crippen molar-refractivity contribution in [1.29, 1.82) is 0 Å². The smallest absolute Gasteiger partial charge is 0.123 e. The zero-order valence-corrected chi connectivity index (χ0v) is 20.0. The Morgan fingerprint density at radius 2 is 1.94 bits per heavy atom. The molecule has 0 N–H and O–H groups in total. The van der Waals surface area contributed by atoms with Crippen molar-refractivity contribution in [3.63, 3.8) is 0 Å². The average Bonchev–Trinajstić information content (AvgIpc) is 3.13. The number of hydrogen-bond donors (Lipinski definition) is 0. The number of nitrogens with zero attached hydrogens (tertiary/aromatic N) is 2. The monoisotopic (exact) mass is 442 g/mol. The standard InChI is InChI=1S/C29H34N2O2/c1-29(2)17-25-15-23(10-12-28(25)33-29)19-31-13-5-7-24(20-31)27-11-9-22(18-30-27)14-21-6-4-8-26(16-21)32-3/h4,6,8-12,15-16,18,24H,5,7,13-14,17,19-20H2,1-3H3/t24-/m0/s1. The number of methoxy groups -OCH3 is 1. The summed E-state index contributed by atoms with van der Waals surface area (Å²) in [6, 6.07) is 19.5. The summed E-state index contributed by atoms with van der Waals surface area (Å²) in [4.78, 5) is 7.46. The predicted molar refractivity (Wildman–Crippen MR) is 132 cm³/mol. The lowest BCUT2D eigenvalue weighted by Crippen LogP contribution is -2.34. The maximum Gasteiger partial charge on any atom is 0.123 e. The molecule has 1 atom stereocenters. The van der Waals surface area contributed by atoms with Gasteiger partial charge < -0.3 is 9.47 Å². The van der Waals surface area contributed by atoms with E-state index in [4.69, 9.17) is 14.5 Å². The van der Waals surface area contributed by atoms with Gasteiger partial charge in [-0.1, -0.05) is 30.3 Å². The van der Waals surface area contributed by atoms with Gasteiger partial charge in [-0.25, -0.2) is 0 Å². The minimum absolute atomic E-state index is 0.0818. The van der Waals surface area contributed by atoms with Gasteiger partial charge in [0.15, 0.2) is 0 Å². The molecule has 33 heavy (non-hydrogen) atoms. The van der Waals surface area contributed by atoms with Gasteiger partial charge in [0.25, 0.3) is 0 Å². The van der Waals surface area contributed by atoms with E-state index >= 15 is 0 Å². The molecule has 0 spiro atoms. The van der Waals surface area contributed by atoms with Gasteiger partial charge in [-0.3, -0.25) is 9.88 Å². The van der Waals surface area contributed by atoms with Gasteiger partial charge in [-0.05, 0) is 86.2 Å². The summed E-state index contributed by atoms with van der Waals surface area (Å²) < 4.78 is 11.4. The van der Waals surface area contributed by atoms with E-state index in [1.807, 2.05) is 12.1 Å². The lowest BCUT2D eigenvalue weighted by atomic mass is 9.93. The molecule has 2 aliphatic heterocycles. The third-order valence-electron chi connectivity index (χ3n) is 6.85. The summed E-state index contributed by atoms with van der Waals surface area (Å²) >= 11 is 0. The van der Waals surface area contributed by atoms with E-state index in [2.05, 4.69) is 67.4 Å². The molecule has 1 saturated heterocycles. The first kappa shape index (κ1) is 22.0. The van der Waals surface area contributed by atoms with Gasteiger partial charge in [0.05, 0.1) is 7.11 Å². The molecule has 0 saturated carbocycles. The van der Waals surface area contributed by atoms with Crippen LogP contribution in [0.5, 0.6) is 11.5 Å². The molecule has 0 radical (unpaired) electrons. The van der Waals surface area contributed by atoms with E-state index in [0.29, 0.717) is 5.92 Å². The minimum atomic E-state index is -0.0818. The van der Waals surface area contributed by atoms with E-state index in [0.717, 1.165) is 44.0 Å². The van der Waals surface area contributed by atoms with Crippen LogP contribution in [-0.2, 0) is 19.4 Å². The second-order valence-corrected chi connectivity index (χ2v) is 10.2. The topological polar surface area (TPSA) is 34.6 Å². The van der Waals surface area contributed by atoms with Crippen molar-refractivity contribution in [2.45, 2.75) is 57.6 Å². The van der Waals surface area contributed by atoms with Gasteiger partial charge in [-0.2, -0.15) is 0 Å². The number of pyridine rings is 1. The molecule has 3 aromatic rings. The van der Waals surface area contributed by atoms with Crippen LogP contribution in [0, 0.1) is 0 Å². The first-order valence-electron chi connectivity index (χ1n) is 12.1. The molecular formula is C29H34N2O2. The minimum Gasteiger partial charge on any atom is -0.497 e. The SMILES string of the molecule is COc1cccc(Cc2ccc([C@H]3CCCN(Cc4ccc5c(c4)CC(C)(C)O5)C3)nc2)c1. The number of aromatic nitrogens is 1. The highest BCUT2D eigenvalue weighted by Crippen LogP contribution is 2.36. The van der Waals surface area contributed by atoms with E-state index in [1.165, 1.54) is 40.8 Å². The second kappa shape index (κ2) is 9.18. The highest BCUT2D eigenvalue weighted by atomic mass is 16.5. The van der Waals surface area contributed by atoms with Crippen molar-refractivity contribution in [2.24, 2.45) is 0 Å². The Balaban J connectivity index is 1.21. The molecule has 2 aromatic carbocycles. The van der Waals surface area contributed by atoms with Gasteiger partial charge in [0.1, 0.15) is 17.1 Å². The molecule has 0 amide bonds. The largest absolute Gasteiger partial charge is 0.497 e. The van der Waals surface area contributed by atoms with E-state index < -0.39 is 0 Å². The number of ether oxygens (including phenoxy) is 2. The zero-order chi connectivity index (χ0) is 22.8. The Hall–Kier alpha value is -2.85. The maximum absolute atomic E-state index is 6.04. The first-order valence-corrected chi connectivity index (χ1v) is 12.1. The molecule has 0 bridgehead atoms. The third-order valence-corrected chi connectivity index (χ3v) is 6.85. The van der Waals surface area contributed by atoms with Gasteiger partial charge in [0, 0.05) is 37.3 Å². The molecule has 4 nitrogen and oxygen atoms in total. The van der Waals surface area contributed by atoms with E-state index in [9.17, 15) is 0 Å². The summed E-state index contributed by atoms with van der Waals surface area (Å²) in [7, 11) is 1.71. The quantitative estimate of drug-likeness (QED) is 0.485. The number of likely N-dealkylation sites (tertiary alicyclic amines) is 1. The van der Waals surface area contributed by atoms with Crippen LogP contribution in [-0.4, -0.2) is 35.7 Å². The molecule has 2 aliphatic rings. The van der Waals surface area contributed by atoms with Crippen LogP contribution in [0.15, 0.2) is 60.8 Å². The summed E-state index contributed by atoms with van der Waals surface area (Å²) in [5.41, 5.74) is 6.36. The molecule has 3 heterocycles. The average molecular weight is 443 g/mol. The molecule has 1 fully saturated rings. The van der Waals surface area contributed by atoms with Crippen LogP contribution in [0.2, 0.25) is 0 Å². The number of hydrogen-bond acceptors (Lipinski definition) is 4. The first-order chi connectivity index (χ1) is 16.0. The fourth-order valence-corrected chi connectivity index (χ4v) is 5.26. The fraction of sp³-hybridized carbons (Fsp3) is 0.414. The summed E-state index contributed by atoms with van der Waals surface area (Å²) in [5, 5.41) is 0. The fourth-order valence-electron chi connectivity index (χ4n) is 5.26. The van der Waals surface area contributed by atoms with Crippen LogP contribution in [0.3, 0.4) is 0 Å². The van der Waals surface area contributed by atoms with E-state index in [-0.39, 0.29) is 5.60 Å². The molecular weight excluding hydrogens is 408 g/mol. The van der Waals surface area contributed by atoms with Gasteiger partial charge in [-0.15, -0.1) is 0 Å². The van der Waals surface area contributed by atoms with Crippen LogP contribution in [0.25, 0.3) is 0 Å². The summed E-state index contributed by atoms with van der Waals surface area (Å²) in [6.07, 6.45) is 6.35. The zero-order valence-electron chi connectivity index (χ0n) is 20.0. The summed E-state index contributed by atoms with van der Waals surface area (Å²) in [6.45, 7) is 7.55. The maximum atomic E-state index is 6.04. The van der Waals surface area contributed by atoms with Crippen LogP contribution >= 0.6 is 0 Å². The molecule has 0 unspecified atom stereocenters. The van der Waals surface area contributed by atoms with Crippen molar-refractivity contribution in [2.75, 3.05) is 20.2 Å². The highest BCUT2D eigenvalue weighted by Gasteiger charge is 2.30. The number of rotatable bonds is 6.